The predicted molar refractivity (Wildman–Crippen MR) is 58.4 cm³/mol. The van der Waals surface area contributed by atoms with Crippen molar-refractivity contribution < 1.29 is 17.9 Å². The first-order valence-corrected chi connectivity index (χ1v) is 5.59. The van der Waals surface area contributed by atoms with Gasteiger partial charge in [0.25, 0.3) is 0 Å². The number of halogens is 3. The molecule has 0 amide bonds. The van der Waals surface area contributed by atoms with E-state index >= 15 is 0 Å². The molecule has 2 nitrogen and oxygen atoms in total. The Labute approximate surface area is 97.8 Å². The van der Waals surface area contributed by atoms with Crippen molar-refractivity contribution in [2.24, 2.45) is 0 Å². The van der Waals surface area contributed by atoms with E-state index in [1.807, 2.05) is 6.92 Å². The van der Waals surface area contributed by atoms with E-state index in [1.165, 1.54) is 0 Å². The number of rotatable bonds is 2. The van der Waals surface area contributed by atoms with Crippen molar-refractivity contribution in [2.75, 3.05) is 11.9 Å². The molecule has 2 rings (SSSR count). The van der Waals surface area contributed by atoms with Crippen molar-refractivity contribution in [1.82, 2.24) is 0 Å². The summed E-state index contributed by atoms with van der Waals surface area (Å²) in [7, 11) is 0. The third-order valence-electron chi connectivity index (χ3n) is 2.84. The van der Waals surface area contributed by atoms with Gasteiger partial charge in [-0.05, 0) is 19.8 Å². The third kappa shape index (κ3) is 2.91. The minimum absolute atomic E-state index is 0.100. The summed E-state index contributed by atoms with van der Waals surface area (Å²) in [5.41, 5.74) is 0.264. The molecule has 1 aliphatic rings. The van der Waals surface area contributed by atoms with Crippen molar-refractivity contribution in [2.45, 2.75) is 31.9 Å². The SMILES string of the molecule is CC1CC(Nc2cc(F)c(F)c(F)c2)CCO1. The van der Waals surface area contributed by atoms with E-state index in [-0.39, 0.29) is 17.8 Å². The molecule has 0 spiro atoms. The molecule has 0 bridgehead atoms. The Kier molecular flexibility index (Phi) is 3.57. The fourth-order valence-electron chi connectivity index (χ4n) is 2.00. The summed E-state index contributed by atoms with van der Waals surface area (Å²) < 4.78 is 44.1. The first kappa shape index (κ1) is 12.2. The Hall–Kier alpha value is -1.23. The summed E-state index contributed by atoms with van der Waals surface area (Å²) >= 11 is 0. The molecule has 1 aliphatic heterocycles. The van der Waals surface area contributed by atoms with Crippen molar-refractivity contribution in [3.05, 3.63) is 29.6 Å². The lowest BCUT2D eigenvalue weighted by Crippen LogP contribution is -2.32. The summed E-state index contributed by atoms with van der Waals surface area (Å²) in [5.74, 6) is -3.78. The standard InChI is InChI=1S/C12H14F3NO/c1-7-4-8(2-3-17-7)16-9-5-10(13)12(15)11(14)6-9/h5-8,16H,2-4H2,1H3. The number of hydrogen-bond donors (Lipinski definition) is 1. The number of anilines is 1. The largest absolute Gasteiger partial charge is 0.382 e. The van der Waals surface area contributed by atoms with Gasteiger partial charge in [0.15, 0.2) is 17.5 Å². The molecule has 94 valence electrons. The molecule has 1 aromatic carbocycles. The molecule has 5 heteroatoms. The quantitative estimate of drug-likeness (QED) is 0.808. The van der Waals surface area contributed by atoms with Crippen LogP contribution in [0.1, 0.15) is 19.8 Å². The molecule has 1 saturated heterocycles. The Bertz CT molecular complexity index is 388. The highest BCUT2D eigenvalue weighted by Crippen LogP contribution is 2.22. The third-order valence-corrected chi connectivity index (χ3v) is 2.84. The van der Waals surface area contributed by atoms with E-state index in [2.05, 4.69) is 5.32 Å². The van der Waals surface area contributed by atoms with Gasteiger partial charge < -0.3 is 10.1 Å². The van der Waals surface area contributed by atoms with Gasteiger partial charge in [0.2, 0.25) is 0 Å². The monoisotopic (exact) mass is 245 g/mol. The maximum absolute atomic E-state index is 13.0. The second-order valence-electron chi connectivity index (χ2n) is 4.30. The lowest BCUT2D eigenvalue weighted by atomic mass is 10.0. The van der Waals surface area contributed by atoms with E-state index in [0.29, 0.717) is 6.61 Å². The smallest absolute Gasteiger partial charge is 0.194 e. The molecule has 2 unspecified atom stereocenters. The summed E-state index contributed by atoms with van der Waals surface area (Å²) in [6, 6.07) is 2.04. The van der Waals surface area contributed by atoms with Gasteiger partial charge in [-0.15, -0.1) is 0 Å². The highest BCUT2D eigenvalue weighted by Gasteiger charge is 2.20. The van der Waals surface area contributed by atoms with Crippen LogP contribution in [-0.4, -0.2) is 18.8 Å². The van der Waals surface area contributed by atoms with E-state index in [9.17, 15) is 13.2 Å². The lowest BCUT2D eigenvalue weighted by Gasteiger charge is -2.28. The van der Waals surface area contributed by atoms with Crippen LogP contribution in [-0.2, 0) is 4.74 Å². The van der Waals surface area contributed by atoms with Crippen LogP contribution in [0.5, 0.6) is 0 Å². The van der Waals surface area contributed by atoms with Gasteiger partial charge in [-0.3, -0.25) is 0 Å². The van der Waals surface area contributed by atoms with E-state index in [1.54, 1.807) is 0 Å². The zero-order valence-electron chi connectivity index (χ0n) is 9.47. The second kappa shape index (κ2) is 4.96. The van der Waals surface area contributed by atoms with Crippen LogP contribution in [0.15, 0.2) is 12.1 Å². The van der Waals surface area contributed by atoms with Gasteiger partial charge in [0.1, 0.15) is 0 Å². The maximum Gasteiger partial charge on any atom is 0.194 e. The average molecular weight is 245 g/mol. The minimum atomic E-state index is -1.43. The molecule has 1 aromatic rings. The Morgan fingerprint density at radius 2 is 1.88 bits per heavy atom. The number of hydrogen-bond acceptors (Lipinski definition) is 2. The van der Waals surface area contributed by atoms with Gasteiger partial charge >= 0.3 is 0 Å². The zero-order valence-corrected chi connectivity index (χ0v) is 9.47. The molecule has 0 aromatic heterocycles. The topological polar surface area (TPSA) is 21.3 Å². The van der Waals surface area contributed by atoms with Crippen molar-refractivity contribution in [3.63, 3.8) is 0 Å². The van der Waals surface area contributed by atoms with Crippen LogP contribution >= 0.6 is 0 Å². The molecule has 17 heavy (non-hydrogen) atoms. The molecule has 2 atom stereocenters. The average Bonchev–Trinajstić information content (AvgIpc) is 2.26. The molecule has 0 radical (unpaired) electrons. The van der Waals surface area contributed by atoms with Crippen LogP contribution in [0.2, 0.25) is 0 Å². The van der Waals surface area contributed by atoms with Gasteiger partial charge in [0.05, 0.1) is 6.10 Å². The van der Waals surface area contributed by atoms with E-state index in [0.717, 1.165) is 25.0 Å². The second-order valence-corrected chi connectivity index (χ2v) is 4.30. The molecular formula is C12H14F3NO. The van der Waals surface area contributed by atoms with Gasteiger partial charge in [-0.25, -0.2) is 13.2 Å². The molecular weight excluding hydrogens is 231 g/mol. The Balaban J connectivity index is 2.08. The first-order chi connectivity index (χ1) is 8.06. The summed E-state index contributed by atoms with van der Waals surface area (Å²) in [6.07, 6.45) is 1.65. The van der Waals surface area contributed by atoms with Crippen LogP contribution in [0.25, 0.3) is 0 Å². The fraction of sp³-hybridized carbons (Fsp3) is 0.500. The predicted octanol–water partition coefficient (Wildman–Crippen LogP) is 3.08. The van der Waals surface area contributed by atoms with Gasteiger partial charge in [-0.2, -0.15) is 0 Å². The molecule has 0 aliphatic carbocycles. The van der Waals surface area contributed by atoms with Crippen molar-refractivity contribution >= 4 is 5.69 Å². The van der Waals surface area contributed by atoms with Crippen molar-refractivity contribution in [1.29, 1.82) is 0 Å². The lowest BCUT2D eigenvalue weighted by molar-refractivity contribution is 0.0232. The van der Waals surface area contributed by atoms with Gasteiger partial charge in [0, 0.05) is 30.5 Å². The summed E-state index contributed by atoms with van der Waals surface area (Å²) in [4.78, 5) is 0. The molecule has 1 fully saturated rings. The highest BCUT2D eigenvalue weighted by molar-refractivity contribution is 5.45. The maximum atomic E-state index is 13.0. The number of nitrogens with one attached hydrogen (secondary N) is 1. The van der Waals surface area contributed by atoms with Crippen LogP contribution < -0.4 is 5.32 Å². The van der Waals surface area contributed by atoms with Crippen molar-refractivity contribution in [3.8, 4) is 0 Å². The van der Waals surface area contributed by atoms with Crippen LogP contribution in [0, 0.1) is 17.5 Å². The molecule has 0 saturated carbocycles. The first-order valence-electron chi connectivity index (χ1n) is 5.59. The molecule has 1 N–H and O–H groups in total. The summed E-state index contributed by atoms with van der Waals surface area (Å²) in [6.45, 7) is 2.56. The fourth-order valence-corrected chi connectivity index (χ4v) is 2.00. The number of benzene rings is 1. The Morgan fingerprint density at radius 1 is 1.24 bits per heavy atom. The number of ether oxygens (including phenoxy) is 1. The van der Waals surface area contributed by atoms with E-state index < -0.39 is 17.5 Å². The molecule has 1 heterocycles. The Morgan fingerprint density at radius 3 is 2.47 bits per heavy atom. The highest BCUT2D eigenvalue weighted by atomic mass is 19.2. The van der Waals surface area contributed by atoms with E-state index in [4.69, 9.17) is 4.74 Å². The normalized spacial score (nSPS) is 24.7. The van der Waals surface area contributed by atoms with Gasteiger partial charge in [-0.1, -0.05) is 0 Å². The van der Waals surface area contributed by atoms with Crippen LogP contribution in [0.3, 0.4) is 0 Å². The minimum Gasteiger partial charge on any atom is -0.382 e. The summed E-state index contributed by atoms with van der Waals surface area (Å²) in [5, 5.41) is 2.99. The zero-order chi connectivity index (χ0) is 12.4. The van der Waals surface area contributed by atoms with Crippen LogP contribution in [0.4, 0.5) is 18.9 Å².